The lowest BCUT2D eigenvalue weighted by Crippen LogP contribution is -2.54. The minimum absolute atomic E-state index is 0.289. The molecule has 21 heavy (non-hydrogen) atoms. The van der Waals surface area contributed by atoms with Crippen molar-refractivity contribution in [3.8, 4) is 6.07 Å². The molecule has 3 nitrogen and oxygen atoms in total. The molecule has 0 heterocycles. The summed E-state index contributed by atoms with van der Waals surface area (Å²) in [5, 5.41) is 13.4. The van der Waals surface area contributed by atoms with Crippen molar-refractivity contribution in [2.24, 2.45) is 23.7 Å². The fourth-order valence-electron chi connectivity index (χ4n) is 4.91. The molecule has 0 amide bonds. The third-order valence-electron chi connectivity index (χ3n) is 6.11. The summed E-state index contributed by atoms with van der Waals surface area (Å²) in [4.78, 5) is 2.45. The maximum Gasteiger partial charge on any atom is 0.122 e. The molecule has 3 aliphatic carbocycles. The number of likely N-dealkylation sites (N-methyl/N-ethyl adjacent to an activating group) is 1. The van der Waals surface area contributed by atoms with Gasteiger partial charge in [-0.25, -0.2) is 0 Å². The summed E-state index contributed by atoms with van der Waals surface area (Å²) in [7, 11) is 2.23. The van der Waals surface area contributed by atoms with Crippen molar-refractivity contribution in [3.63, 3.8) is 0 Å². The highest BCUT2D eigenvalue weighted by Crippen LogP contribution is 2.48. The summed E-state index contributed by atoms with van der Waals surface area (Å²) in [6.45, 7) is 5.25. The maximum absolute atomic E-state index is 9.79. The highest BCUT2D eigenvalue weighted by Gasteiger charge is 2.47. The van der Waals surface area contributed by atoms with Crippen molar-refractivity contribution >= 4 is 0 Å². The smallest absolute Gasteiger partial charge is 0.122 e. The van der Waals surface area contributed by atoms with Crippen LogP contribution in [0.3, 0.4) is 0 Å². The van der Waals surface area contributed by atoms with Gasteiger partial charge in [-0.3, -0.25) is 5.32 Å². The Morgan fingerprint density at radius 2 is 2.05 bits per heavy atom. The number of nitriles is 1. The third kappa shape index (κ3) is 3.27. The van der Waals surface area contributed by atoms with Gasteiger partial charge in [0.15, 0.2) is 0 Å². The molecule has 4 atom stereocenters. The quantitative estimate of drug-likeness (QED) is 0.746. The number of hydrogen-bond donors (Lipinski definition) is 1. The average Bonchev–Trinajstić information content (AvgIpc) is 3.14. The maximum atomic E-state index is 9.79. The van der Waals surface area contributed by atoms with Crippen LogP contribution in [-0.4, -0.2) is 37.1 Å². The predicted octanol–water partition coefficient (Wildman–Crippen LogP) is 3.03. The van der Waals surface area contributed by atoms with Gasteiger partial charge in [0.25, 0.3) is 0 Å². The van der Waals surface area contributed by atoms with Gasteiger partial charge in [0.1, 0.15) is 5.54 Å². The van der Waals surface area contributed by atoms with E-state index in [1.165, 1.54) is 45.1 Å². The van der Waals surface area contributed by atoms with E-state index in [0.717, 1.165) is 37.3 Å². The first kappa shape index (κ1) is 15.3. The number of nitrogens with zero attached hydrogens (tertiary/aromatic N) is 2. The van der Waals surface area contributed by atoms with Crippen LogP contribution in [0.4, 0.5) is 0 Å². The molecule has 0 radical (unpaired) electrons. The first-order valence-electron chi connectivity index (χ1n) is 9.01. The second-order valence-electron chi connectivity index (χ2n) is 7.92. The van der Waals surface area contributed by atoms with Gasteiger partial charge < -0.3 is 4.90 Å². The summed E-state index contributed by atoms with van der Waals surface area (Å²) >= 11 is 0. The van der Waals surface area contributed by atoms with E-state index in [9.17, 15) is 5.26 Å². The van der Waals surface area contributed by atoms with Crippen LogP contribution in [0.15, 0.2) is 0 Å². The van der Waals surface area contributed by atoms with Crippen molar-refractivity contribution in [3.05, 3.63) is 0 Å². The fraction of sp³-hybridized carbons (Fsp3) is 0.944. The minimum atomic E-state index is -0.289. The summed E-state index contributed by atoms with van der Waals surface area (Å²) in [6.07, 6.45) is 9.43. The van der Waals surface area contributed by atoms with Gasteiger partial charge in [-0.15, -0.1) is 0 Å². The van der Waals surface area contributed by atoms with Gasteiger partial charge in [-0.05, 0) is 75.8 Å². The van der Waals surface area contributed by atoms with Crippen LogP contribution in [0.25, 0.3) is 0 Å². The second-order valence-corrected chi connectivity index (χ2v) is 7.92. The Labute approximate surface area is 130 Å². The zero-order chi connectivity index (χ0) is 14.9. The van der Waals surface area contributed by atoms with E-state index in [-0.39, 0.29) is 5.54 Å². The molecule has 1 N–H and O–H groups in total. The summed E-state index contributed by atoms with van der Waals surface area (Å²) in [5.74, 6) is 3.49. The lowest BCUT2D eigenvalue weighted by molar-refractivity contribution is 0.176. The van der Waals surface area contributed by atoms with Crippen LogP contribution in [0.2, 0.25) is 0 Å². The summed E-state index contributed by atoms with van der Waals surface area (Å²) < 4.78 is 0. The topological polar surface area (TPSA) is 39.1 Å². The standard InChI is InChI=1S/C18H31N3/c1-3-8-20-18(12-19,17-6-7-17)13-21(2)11-16-10-14-4-5-15(16)9-14/h14-17,20H,3-11,13H2,1-2H3. The van der Waals surface area contributed by atoms with Gasteiger partial charge >= 0.3 is 0 Å². The van der Waals surface area contributed by atoms with Crippen molar-refractivity contribution in [2.45, 2.75) is 57.4 Å². The van der Waals surface area contributed by atoms with Gasteiger partial charge in [0.2, 0.25) is 0 Å². The summed E-state index contributed by atoms with van der Waals surface area (Å²) in [5.41, 5.74) is -0.289. The molecule has 118 valence electrons. The molecule has 0 aromatic carbocycles. The Bertz CT molecular complexity index is 398. The monoisotopic (exact) mass is 289 g/mol. The minimum Gasteiger partial charge on any atom is -0.303 e. The molecule has 0 spiro atoms. The molecule has 3 rings (SSSR count). The highest BCUT2D eigenvalue weighted by atomic mass is 15.2. The molecule has 3 fully saturated rings. The Balaban J connectivity index is 1.56. The fourth-order valence-corrected chi connectivity index (χ4v) is 4.91. The van der Waals surface area contributed by atoms with Crippen molar-refractivity contribution in [2.75, 3.05) is 26.7 Å². The molecular weight excluding hydrogens is 258 g/mol. The van der Waals surface area contributed by atoms with Gasteiger partial charge in [-0.1, -0.05) is 13.3 Å². The van der Waals surface area contributed by atoms with Gasteiger partial charge in [-0.2, -0.15) is 5.26 Å². The Morgan fingerprint density at radius 3 is 2.57 bits per heavy atom. The second kappa shape index (κ2) is 6.26. The first-order valence-corrected chi connectivity index (χ1v) is 9.01. The Morgan fingerprint density at radius 1 is 1.24 bits per heavy atom. The van der Waals surface area contributed by atoms with E-state index in [4.69, 9.17) is 0 Å². The average molecular weight is 289 g/mol. The number of fused-ring (bicyclic) bond motifs is 2. The lowest BCUT2D eigenvalue weighted by Gasteiger charge is -2.35. The van der Waals surface area contributed by atoms with Crippen LogP contribution in [0, 0.1) is 35.0 Å². The molecule has 3 heteroatoms. The third-order valence-corrected chi connectivity index (χ3v) is 6.11. The molecule has 0 aromatic rings. The number of hydrogen-bond acceptors (Lipinski definition) is 3. The molecule has 0 saturated heterocycles. The zero-order valence-electron chi connectivity index (χ0n) is 13.8. The normalized spacial score (nSPS) is 34.1. The molecule has 0 aliphatic heterocycles. The van der Waals surface area contributed by atoms with Crippen LogP contribution in [0.1, 0.15) is 51.9 Å². The first-order chi connectivity index (χ1) is 10.2. The zero-order valence-corrected chi connectivity index (χ0v) is 13.8. The lowest BCUT2D eigenvalue weighted by atomic mass is 9.87. The van der Waals surface area contributed by atoms with Gasteiger partial charge in [0, 0.05) is 13.1 Å². The van der Waals surface area contributed by atoms with Crippen LogP contribution in [0.5, 0.6) is 0 Å². The number of rotatable bonds is 8. The molecular formula is C18H31N3. The van der Waals surface area contributed by atoms with E-state index < -0.39 is 0 Å². The van der Waals surface area contributed by atoms with E-state index in [2.05, 4.69) is 30.3 Å². The molecule has 4 unspecified atom stereocenters. The Hall–Kier alpha value is -0.590. The molecule has 0 aromatic heterocycles. The SMILES string of the molecule is CCCNC(C#N)(CN(C)CC1CC2CCC1C2)C1CC1. The van der Waals surface area contributed by atoms with Gasteiger partial charge in [0.05, 0.1) is 6.07 Å². The van der Waals surface area contributed by atoms with E-state index in [0.29, 0.717) is 5.92 Å². The molecule has 3 aliphatic rings. The largest absolute Gasteiger partial charge is 0.303 e. The highest BCUT2D eigenvalue weighted by molar-refractivity contribution is 5.16. The van der Waals surface area contributed by atoms with E-state index >= 15 is 0 Å². The van der Waals surface area contributed by atoms with E-state index in [1.807, 2.05) is 0 Å². The summed E-state index contributed by atoms with van der Waals surface area (Å²) in [6, 6.07) is 2.65. The number of nitrogens with one attached hydrogen (secondary N) is 1. The van der Waals surface area contributed by atoms with Crippen molar-refractivity contribution in [1.82, 2.24) is 10.2 Å². The van der Waals surface area contributed by atoms with Crippen LogP contribution in [-0.2, 0) is 0 Å². The van der Waals surface area contributed by atoms with Crippen LogP contribution >= 0.6 is 0 Å². The molecule has 2 bridgehead atoms. The van der Waals surface area contributed by atoms with E-state index in [1.54, 1.807) is 0 Å². The van der Waals surface area contributed by atoms with Crippen molar-refractivity contribution in [1.29, 1.82) is 5.26 Å². The predicted molar refractivity (Wildman–Crippen MR) is 85.8 cm³/mol. The van der Waals surface area contributed by atoms with Crippen LogP contribution < -0.4 is 5.32 Å². The van der Waals surface area contributed by atoms with Crippen molar-refractivity contribution < 1.29 is 0 Å². The molecule has 3 saturated carbocycles. The Kier molecular flexibility index (Phi) is 4.57.